The lowest BCUT2D eigenvalue weighted by Crippen LogP contribution is -2.19. The zero-order chi connectivity index (χ0) is 19.1. The maximum absolute atomic E-state index is 6.23. The average Bonchev–Trinajstić information content (AvgIpc) is 2.65. The smallest absolute Gasteiger partial charge is 0.0559 e. The van der Waals surface area contributed by atoms with E-state index in [1.54, 1.807) is 0 Å². The topological polar surface area (TPSA) is 258 Å². The van der Waals surface area contributed by atoms with Crippen LogP contribution < -0.4 is 0 Å². The van der Waals surface area contributed by atoms with Crippen molar-refractivity contribution in [3.05, 3.63) is 0 Å². The Bertz CT molecular complexity index is 428. The molecule has 0 aromatic carbocycles. The Kier molecular flexibility index (Phi) is 19.4. The van der Waals surface area contributed by atoms with Crippen molar-refractivity contribution in [2.24, 2.45) is 47.0 Å². The van der Waals surface area contributed by atoms with Crippen molar-refractivity contribution < 1.29 is 64.0 Å². The van der Waals surface area contributed by atoms with Crippen LogP contribution in [0, 0.1) is 5.53 Å². The van der Waals surface area contributed by atoms with E-state index in [1.165, 1.54) is 0 Å². The van der Waals surface area contributed by atoms with E-state index < -0.39 is 0 Å². The molecule has 26 heteroatoms. The first kappa shape index (κ1) is 24.0. The van der Waals surface area contributed by atoms with E-state index in [9.17, 15) is 0 Å². The van der Waals surface area contributed by atoms with Crippen LogP contribution in [0.25, 0.3) is 0 Å². The van der Waals surface area contributed by atoms with Gasteiger partial charge in [-0.3, -0.25) is 0 Å². The second-order valence-electron chi connectivity index (χ2n) is 1.96. The quantitative estimate of drug-likeness (QED) is 0.0696. The van der Waals surface area contributed by atoms with E-state index in [0.717, 1.165) is 0 Å². The molecule has 0 aromatic heterocycles. The van der Waals surface area contributed by atoms with E-state index in [-0.39, 0.29) is 5.34 Å². The fourth-order valence-corrected chi connectivity index (χ4v) is 0.410. The van der Waals surface area contributed by atoms with E-state index in [0.29, 0.717) is 0 Å². The Balaban J connectivity index is 4.17. The predicted octanol–water partition coefficient (Wildman–Crippen LogP) is 1.50. The molecule has 0 aliphatic heterocycles. The van der Waals surface area contributed by atoms with Crippen LogP contribution in [0.5, 0.6) is 0 Å². The fraction of sp³-hybridized carbons (Fsp3) is 0. The Labute approximate surface area is 148 Å². The van der Waals surface area contributed by atoms with Gasteiger partial charge in [-0.15, -0.1) is 8.67 Å². The lowest BCUT2D eigenvalue weighted by atomic mass is 12.3. The van der Waals surface area contributed by atoms with Crippen molar-refractivity contribution in [1.82, 2.24) is 5.34 Å². The van der Waals surface area contributed by atoms with Crippen LogP contribution in [-0.4, -0.2) is 5.34 Å². The first-order chi connectivity index (χ1) is 12.8. The summed E-state index contributed by atoms with van der Waals surface area (Å²) in [5.74, 6) is 0. The van der Waals surface area contributed by atoms with Crippen LogP contribution in [0.1, 0.15) is 0 Å². The SMILES string of the molecule is N=N/N=N/N=N/N=N/N=N/N(OOOOOOS)OOOOOOOS. The second kappa shape index (κ2) is 21.0. The third-order valence-corrected chi connectivity index (χ3v) is 0.963. The molecule has 0 aliphatic rings. The van der Waals surface area contributed by atoms with Crippen LogP contribution in [0.2, 0.25) is 0 Å². The molecule has 0 aromatic rings. The van der Waals surface area contributed by atoms with Gasteiger partial charge in [0.15, 0.2) is 0 Å². The van der Waals surface area contributed by atoms with Gasteiger partial charge >= 0.3 is 0 Å². The summed E-state index contributed by atoms with van der Waals surface area (Å²) in [4.78, 5) is 8.05. The molecule has 0 fully saturated rings. The molecule has 0 saturated heterocycles. The van der Waals surface area contributed by atoms with Crippen LogP contribution in [0.3, 0.4) is 0 Å². The van der Waals surface area contributed by atoms with Crippen molar-refractivity contribution in [1.29, 1.82) is 5.53 Å². The average molecular weight is 429 g/mol. The zero-order valence-corrected chi connectivity index (χ0v) is 13.0. The van der Waals surface area contributed by atoms with Gasteiger partial charge in [-0.05, 0) is 81.4 Å². The summed E-state index contributed by atoms with van der Waals surface area (Å²) in [7, 11) is 0. The summed E-state index contributed by atoms with van der Waals surface area (Å²) in [6, 6.07) is 0. The summed E-state index contributed by atoms with van der Waals surface area (Å²) in [6.45, 7) is 0. The standard InChI is InChI=1S/H3N11O13S2/c1-2-3-4-5-6-7-8-9-10-11(13-15-17-19-21-23-25)12-14-16-18-20-22-24-26/h1,25-26H/b2-1?,4-3+,6-5+,8-7+,10-9+. The first-order valence-corrected chi connectivity index (χ1v) is 5.32. The normalized spacial score (nSPS) is 12.2. The van der Waals surface area contributed by atoms with Crippen LogP contribution in [-0.2, 0) is 64.0 Å². The van der Waals surface area contributed by atoms with E-state index >= 15 is 0 Å². The van der Waals surface area contributed by atoms with Gasteiger partial charge in [0.25, 0.3) is 0 Å². The maximum atomic E-state index is 6.23. The molecule has 0 radical (unpaired) electrons. The molecule has 0 atom stereocenters. The van der Waals surface area contributed by atoms with Gasteiger partial charge in [0.1, 0.15) is 0 Å². The Hall–Kier alpha value is -2.02. The monoisotopic (exact) mass is 429 g/mol. The van der Waals surface area contributed by atoms with Gasteiger partial charge in [0.05, 0.1) is 5.34 Å². The highest BCUT2D eigenvalue weighted by Crippen LogP contribution is 2.01. The minimum absolute atomic E-state index is 0.168. The summed E-state index contributed by atoms with van der Waals surface area (Å²) in [5, 5.41) is 58.2. The lowest BCUT2D eigenvalue weighted by molar-refractivity contribution is -0.831. The molecule has 0 bridgehead atoms. The van der Waals surface area contributed by atoms with Crippen LogP contribution in [0.15, 0.2) is 47.0 Å². The largest absolute Gasteiger partial charge is 0.183 e. The number of nitrogens with zero attached hydrogens (tertiary/aromatic N) is 10. The molecule has 26 heavy (non-hydrogen) atoms. The van der Waals surface area contributed by atoms with Crippen molar-refractivity contribution in [3.63, 3.8) is 0 Å². The highest BCUT2D eigenvalue weighted by atomic mass is 32.1. The van der Waals surface area contributed by atoms with Crippen molar-refractivity contribution in [2.75, 3.05) is 0 Å². The highest BCUT2D eigenvalue weighted by Gasteiger charge is 2.09. The molecule has 24 nitrogen and oxygen atoms in total. The van der Waals surface area contributed by atoms with Crippen molar-refractivity contribution >= 4 is 25.8 Å². The van der Waals surface area contributed by atoms with Gasteiger partial charge in [0.2, 0.25) is 0 Å². The molecule has 0 heterocycles. The predicted molar refractivity (Wildman–Crippen MR) is 58.5 cm³/mol. The minimum Gasteiger partial charge on any atom is -0.183 e. The van der Waals surface area contributed by atoms with Crippen LogP contribution >= 0.6 is 25.8 Å². The summed E-state index contributed by atoms with van der Waals surface area (Å²) in [6.07, 6.45) is 0. The Morgan fingerprint density at radius 2 is 0.962 bits per heavy atom. The Morgan fingerprint density at radius 3 is 1.46 bits per heavy atom. The zero-order valence-electron chi connectivity index (χ0n) is 11.2. The minimum atomic E-state index is -0.168. The molecule has 0 amide bonds. The maximum Gasteiger partial charge on any atom is 0.0559 e. The van der Waals surface area contributed by atoms with Crippen molar-refractivity contribution in [3.8, 4) is 0 Å². The molecule has 0 rings (SSSR count). The Morgan fingerprint density at radius 1 is 0.538 bits per heavy atom. The third kappa shape index (κ3) is 18.3. The van der Waals surface area contributed by atoms with Gasteiger partial charge in [-0.2, -0.15) is 5.53 Å². The molecular weight excluding hydrogens is 426 g/mol. The number of hydrogen-bond acceptors (Lipinski definition) is 17. The molecule has 0 saturated carbocycles. The third-order valence-electron chi connectivity index (χ3n) is 0.841. The van der Waals surface area contributed by atoms with E-state index in [4.69, 9.17) is 5.53 Å². The van der Waals surface area contributed by atoms with Crippen molar-refractivity contribution in [2.45, 2.75) is 0 Å². The molecular formula is H3N11O13S2. The second-order valence-corrected chi connectivity index (χ2v) is 2.26. The van der Waals surface area contributed by atoms with Gasteiger partial charge in [-0.25, -0.2) is 0 Å². The fourth-order valence-electron chi connectivity index (χ4n) is 0.361. The van der Waals surface area contributed by atoms with Gasteiger partial charge in [0, 0.05) is 46.7 Å². The van der Waals surface area contributed by atoms with Gasteiger partial charge < -0.3 is 0 Å². The molecule has 0 unspecified atom stereocenters. The van der Waals surface area contributed by atoms with E-state index in [1.807, 2.05) is 0 Å². The van der Waals surface area contributed by atoms with E-state index in [2.05, 4.69) is 137 Å². The summed E-state index contributed by atoms with van der Waals surface area (Å²) in [5.41, 5.74) is 6.23. The lowest BCUT2D eigenvalue weighted by Gasteiger charge is -2.07. The number of thiol groups is 2. The number of nitrogens with one attached hydrogen (secondary N) is 1. The summed E-state index contributed by atoms with van der Waals surface area (Å²) < 4.78 is 7.25. The molecule has 1 N–H and O–H groups in total. The molecule has 0 spiro atoms. The molecule has 0 aliphatic carbocycles. The first-order valence-electron chi connectivity index (χ1n) is 4.59. The van der Waals surface area contributed by atoms with Gasteiger partial charge in [-0.1, -0.05) is 0 Å². The number of hydrogen-bond donors (Lipinski definition) is 3. The highest BCUT2D eigenvalue weighted by molar-refractivity contribution is 7.75. The summed E-state index contributed by atoms with van der Waals surface area (Å²) >= 11 is 6.18. The van der Waals surface area contributed by atoms with Crippen LogP contribution in [0.4, 0.5) is 0 Å². The number of rotatable bonds is 18. The molecule has 148 valence electrons.